The minimum atomic E-state index is -3.77. The molecule has 6 nitrogen and oxygen atoms in total. The fourth-order valence-corrected chi connectivity index (χ4v) is 3.20. The number of ketones is 1. The summed E-state index contributed by atoms with van der Waals surface area (Å²) in [6.45, 7) is 1.52. The highest BCUT2D eigenvalue weighted by Gasteiger charge is 2.20. The van der Waals surface area contributed by atoms with Crippen molar-refractivity contribution in [1.82, 2.24) is 5.16 Å². The van der Waals surface area contributed by atoms with Crippen molar-refractivity contribution in [3.05, 3.63) is 60.4 Å². The normalized spacial score (nSPS) is 11.5. The summed E-state index contributed by atoms with van der Waals surface area (Å²) in [5.74, 6) is 0.639. The maximum Gasteiger partial charge on any atom is 0.238 e. The molecule has 1 heterocycles. The van der Waals surface area contributed by atoms with Gasteiger partial charge in [-0.1, -0.05) is 47.6 Å². The molecule has 3 aromatic rings. The number of nitrogens with zero attached hydrogens (tertiary/aromatic N) is 1. The predicted octanol–water partition coefficient (Wildman–Crippen LogP) is 3.18. The highest BCUT2D eigenvalue weighted by Crippen LogP contribution is 2.35. The van der Waals surface area contributed by atoms with Gasteiger partial charge in [-0.25, -0.2) is 13.6 Å². The van der Waals surface area contributed by atoms with Crippen LogP contribution < -0.4 is 5.14 Å². The minimum absolute atomic E-state index is 0.0317. The second-order valence-electron chi connectivity index (χ2n) is 5.97. The summed E-state index contributed by atoms with van der Waals surface area (Å²) < 4.78 is 28.5. The van der Waals surface area contributed by atoms with E-state index in [1.54, 1.807) is 12.1 Å². The Hall–Kier alpha value is -2.77. The van der Waals surface area contributed by atoms with Crippen LogP contribution in [0, 0.1) is 0 Å². The lowest BCUT2D eigenvalue weighted by Crippen LogP contribution is -2.11. The highest BCUT2D eigenvalue weighted by molar-refractivity contribution is 7.89. The minimum Gasteiger partial charge on any atom is -0.360 e. The smallest absolute Gasteiger partial charge is 0.238 e. The summed E-state index contributed by atoms with van der Waals surface area (Å²) in [4.78, 5) is 11.4. The number of carbonyl (C=O) groups is 1. The van der Waals surface area contributed by atoms with E-state index in [1.165, 1.54) is 19.1 Å². The maximum atomic E-state index is 11.5. The summed E-state index contributed by atoms with van der Waals surface area (Å²) in [6.07, 6.45) is 0.757. The Morgan fingerprint density at radius 2 is 1.69 bits per heavy atom. The van der Waals surface area contributed by atoms with Gasteiger partial charge in [0.05, 0.1) is 10.5 Å². The van der Waals surface area contributed by atoms with Crippen molar-refractivity contribution in [1.29, 1.82) is 0 Å². The van der Waals surface area contributed by atoms with Crippen LogP contribution in [-0.4, -0.2) is 19.4 Å². The van der Waals surface area contributed by atoms with Crippen molar-refractivity contribution in [3.63, 3.8) is 0 Å². The van der Waals surface area contributed by atoms with Gasteiger partial charge in [0, 0.05) is 18.4 Å². The van der Waals surface area contributed by atoms with Crippen molar-refractivity contribution in [3.8, 4) is 22.4 Å². The van der Waals surface area contributed by atoms with Gasteiger partial charge in [-0.3, -0.25) is 0 Å². The van der Waals surface area contributed by atoms with E-state index in [1.807, 2.05) is 30.3 Å². The highest BCUT2D eigenvalue weighted by atomic mass is 32.2. The second-order valence-corrected chi connectivity index (χ2v) is 7.53. The van der Waals surface area contributed by atoms with Crippen LogP contribution in [0.15, 0.2) is 64.0 Å². The molecule has 0 spiro atoms. The fraction of sp³-hybridized carbons (Fsp3) is 0.158. The summed E-state index contributed by atoms with van der Waals surface area (Å²) in [6, 6.07) is 15.7. The Morgan fingerprint density at radius 3 is 2.27 bits per heavy atom. The third kappa shape index (κ3) is 3.89. The van der Waals surface area contributed by atoms with Crippen molar-refractivity contribution in [2.75, 3.05) is 0 Å². The number of primary sulfonamides is 1. The Morgan fingerprint density at radius 1 is 1.04 bits per heavy atom. The van der Waals surface area contributed by atoms with E-state index in [0.29, 0.717) is 24.3 Å². The van der Waals surface area contributed by atoms with Crippen LogP contribution in [0.5, 0.6) is 0 Å². The molecule has 0 unspecified atom stereocenters. The average Bonchev–Trinajstić information content (AvgIpc) is 3.04. The van der Waals surface area contributed by atoms with Crippen molar-refractivity contribution in [2.45, 2.75) is 24.7 Å². The van der Waals surface area contributed by atoms with E-state index in [0.717, 1.165) is 16.7 Å². The van der Waals surface area contributed by atoms with Gasteiger partial charge in [0.25, 0.3) is 0 Å². The standard InChI is InChI=1S/C19H18N2O4S/c1-13(22)7-12-17-18(14-8-10-16(11-9-14)26(20,23)24)19(21-25-17)15-5-3-2-4-6-15/h2-6,8-11H,7,12H2,1H3,(H2,20,23,24). The van der Waals surface area contributed by atoms with Crippen LogP contribution in [0.2, 0.25) is 0 Å². The number of carbonyl (C=O) groups excluding carboxylic acids is 1. The number of Topliss-reactive ketones (excluding diaryl/α,β-unsaturated/α-hetero) is 1. The molecule has 2 aromatic carbocycles. The van der Waals surface area contributed by atoms with E-state index >= 15 is 0 Å². The van der Waals surface area contributed by atoms with Gasteiger partial charge in [-0.15, -0.1) is 0 Å². The van der Waals surface area contributed by atoms with Gasteiger partial charge < -0.3 is 9.32 Å². The molecule has 3 rings (SSSR count). The molecule has 0 aliphatic carbocycles. The monoisotopic (exact) mass is 370 g/mol. The summed E-state index contributed by atoms with van der Waals surface area (Å²) in [5, 5.41) is 9.34. The number of rotatable bonds is 6. The molecular formula is C19H18N2O4S. The zero-order valence-corrected chi connectivity index (χ0v) is 15.0. The van der Waals surface area contributed by atoms with Crippen LogP contribution >= 0.6 is 0 Å². The molecule has 0 saturated heterocycles. The second kappa shape index (κ2) is 7.23. The molecule has 0 atom stereocenters. The number of aromatic nitrogens is 1. The molecule has 0 radical (unpaired) electrons. The first kappa shape index (κ1) is 18.0. The van der Waals surface area contributed by atoms with E-state index in [9.17, 15) is 13.2 Å². The number of benzene rings is 2. The summed E-state index contributed by atoms with van der Waals surface area (Å²) in [5.41, 5.74) is 3.01. The Bertz CT molecular complexity index is 1020. The SMILES string of the molecule is CC(=O)CCc1onc(-c2ccccc2)c1-c1ccc(S(N)(=O)=O)cc1. The van der Waals surface area contributed by atoms with Crippen LogP contribution in [0.1, 0.15) is 19.1 Å². The molecule has 2 N–H and O–H groups in total. The Labute approximate surface area is 151 Å². The van der Waals surface area contributed by atoms with Gasteiger partial charge in [0.1, 0.15) is 17.2 Å². The van der Waals surface area contributed by atoms with Gasteiger partial charge in [0.15, 0.2) is 0 Å². The topological polar surface area (TPSA) is 103 Å². The number of sulfonamides is 1. The number of hydrogen-bond donors (Lipinski definition) is 1. The lowest BCUT2D eigenvalue weighted by atomic mass is 9.97. The van der Waals surface area contributed by atoms with Gasteiger partial charge in [-0.2, -0.15) is 0 Å². The van der Waals surface area contributed by atoms with E-state index in [4.69, 9.17) is 9.66 Å². The first-order valence-corrected chi connectivity index (χ1v) is 9.57. The van der Waals surface area contributed by atoms with E-state index in [2.05, 4.69) is 5.16 Å². The van der Waals surface area contributed by atoms with E-state index in [-0.39, 0.29) is 10.7 Å². The third-order valence-corrected chi connectivity index (χ3v) is 4.91. The van der Waals surface area contributed by atoms with Crippen molar-refractivity contribution in [2.24, 2.45) is 5.14 Å². The first-order chi connectivity index (χ1) is 12.4. The Kier molecular flexibility index (Phi) is 5.01. The lowest BCUT2D eigenvalue weighted by molar-refractivity contribution is -0.117. The molecule has 0 aliphatic heterocycles. The average molecular weight is 370 g/mol. The quantitative estimate of drug-likeness (QED) is 0.718. The van der Waals surface area contributed by atoms with Crippen molar-refractivity contribution >= 4 is 15.8 Å². The third-order valence-electron chi connectivity index (χ3n) is 3.99. The largest absolute Gasteiger partial charge is 0.360 e. The molecule has 0 amide bonds. The number of nitrogens with two attached hydrogens (primary N) is 1. The molecule has 0 aliphatic rings. The van der Waals surface area contributed by atoms with E-state index < -0.39 is 10.0 Å². The molecule has 0 fully saturated rings. The Balaban J connectivity index is 2.10. The molecule has 26 heavy (non-hydrogen) atoms. The van der Waals surface area contributed by atoms with Crippen molar-refractivity contribution < 1.29 is 17.7 Å². The first-order valence-electron chi connectivity index (χ1n) is 8.03. The fourth-order valence-electron chi connectivity index (χ4n) is 2.69. The summed E-state index contributed by atoms with van der Waals surface area (Å²) >= 11 is 0. The maximum absolute atomic E-state index is 11.5. The molecular weight excluding hydrogens is 352 g/mol. The van der Waals surface area contributed by atoms with Gasteiger partial charge >= 0.3 is 0 Å². The van der Waals surface area contributed by atoms with Crippen LogP contribution in [0.3, 0.4) is 0 Å². The summed E-state index contributed by atoms with van der Waals surface area (Å²) in [7, 11) is -3.77. The van der Waals surface area contributed by atoms with Crippen LogP contribution in [-0.2, 0) is 21.2 Å². The predicted molar refractivity (Wildman–Crippen MR) is 97.8 cm³/mol. The molecule has 0 bridgehead atoms. The zero-order valence-electron chi connectivity index (χ0n) is 14.2. The van der Waals surface area contributed by atoms with Crippen LogP contribution in [0.4, 0.5) is 0 Å². The molecule has 0 saturated carbocycles. The van der Waals surface area contributed by atoms with Gasteiger partial charge in [-0.05, 0) is 24.6 Å². The number of hydrogen-bond acceptors (Lipinski definition) is 5. The lowest BCUT2D eigenvalue weighted by Gasteiger charge is -2.06. The molecule has 134 valence electrons. The molecule has 1 aromatic heterocycles. The number of aryl methyl sites for hydroxylation is 1. The molecule has 7 heteroatoms. The van der Waals surface area contributed by atoms with Crippen LogP contribution in [0.25, 0.3) is 22.4 Å². The zero-order chi connectivity index (χ0) is 18.7. The van der Waals surface area contributed by atoms with Gasteiger partial charge in [0.2, 0.25) is 10.0 Å².